The number of ether oxygens (including phenoxy) is 2. The fourth-order valence-corrected chi connectivity index (χ4v) is 4.37. The van der Waals surface area contributed by atoms with Crippen molar-refractivity contribution in [2.75, 3.05) is 12.0 Å². The van der Waals surface area contributed by atoms with E-state index in [0.29, 0.717) is 0 Å². The molecular weight excluding hydrogens is 382 g/mol. The minimum absolute atomic E-state index is 0.0298. The number of rotatable bonds is 5. The van der Waals surface area contributed by atoms with Crippen molar-refractivity contribution in [3.05, 3.63) is 132 Å². The summed E-state index contributed by atoms with van der Waals surface area (Å²) in [6.45, 7) is 0. The van der Waals surface area contributed by atoms with Crippen LogP contribution in [0.25, 0.3) is 0 Å². The van der Waals surface area contributed by atoms with Crippen LogP contribution in [0.15, 0.2) is 115 Å². The van der Waals surface area contributed by atoms with Crippen LogP contribution < -0.4 is 9.64 Å². The molecule has 0 amide bonds. The summed E-state index contributed by atoms with van der Waals surface area (Å²) in [5, 5.41) is 0. The zero-order chi connectivity index (χ0) is 21.0. The van der Waals surface area contributed by atoms with Crippen LogP contribution in [-0.4, -0.2) is 7.11 Å². The van der Waals surface area contributed by atoms with Crippen molar-refractivity contribution in [3.63, 3.8) is 0 Å². The molecule has 3 heteroatoms. The molecule has 1 fully saturated rings. The molecule has 0 spiro atoms. The third kappa shape index (κ3) is 3.80. The topological polar surface area (TPSA) is 21.7 Å². The lowest BCUT2D eigenvalue weighted by molar-refractivity contribution is 0.0404. The molecule has 154 valence electrons. The van der Waals surface area contributed by atoms with Crippen LogP contribution in [-0.2, 0) is 4.74 Å². The predicted molar refractivity (Wildman–Crippen MR) is 124 cm³/mol. The Morgan fingerprint density at radius 1 is 0.613 bits per heavy atom. The maximum absolute atomic E-state index is 6.82. The van der Waals surface area contributed by atoms with E-state index >= 15 is 0 Å². The largest absolute Gasteiger partial charge is 0.497 e. The van der Waals surface area contributed by atoms with Crippen LogP contribution in [0.5, 0.6) is 5.75 Å². The van der Waals surface area contributed by atoms with Crippen molar-refractivity contribution in [2.45, 2.75) is 18.4 Å². The molecule has 0 unspecified atom stereocenters. The van der Waals surface area contributed by atoms with E-state index in [0.717, 1.165) is 17.0 Å². The maximum Gasteiger partial charge on any atom is 0.158 e. The molecule has 1 aliphatic rings. The SMILES string of the molecule is COc1ccc(N2[C@@H](c3ccccc3)O[C@@H](c3ccccc3)[C@@H]2c2ccccc2)cc1. The highest BCUT2D eigenvalue weighted by Crippen LogP contribution is 2.52. The predicted octanol–water partition coefficient (Wildman–Crippen LogP) is 6.71. The van der Waals surface area contributed by atoms with Crippen molar-refractivity contribution in [1.29, 1.82) is 0 Å². The molecule has 5 rings (SSSR count). The van der Waals surface area contributed by atoms with E-state index < -0.39 is 0 Å². The van der Waals surface area contributed by atoms with Gasteiger partial charge in [-0.25, -0.2) is 0 Å². The zero-order valence-electron chi connectivity index (χ0n) is 17.5. The summed E-state index contributed by atoms with van der Waals surface area (Å²) < 4.78 is 12.2. The van der Waals surface area contributed by atoms with Gasteiger partial charge >= 0.3 is 0 Å². The number of nitrogens with zero attached hydrogens (tertiary/aromatic N) is 1. The minimum Gasteiger partial charge on any atom is -0.497 e. The Morgan fingerprint density at radius 3 is 1.68 bits per heavy atom. The molecule has 4 aromatic rings. The molecule has 3 nitrogen and oxygen atoms in total. The third-order valence-corrected chi connectivity index (χ3v) is 5.84. The van der Waals surface area contributed by atoms with Gasteiger partial charge in [0.05, 0.1) is 13.2 Å². The summed E-state index contributed by atoms with van der Waals surface area (Å²) in [6, 6.07) is 39.9. The molecule has 1 saturated heterocycles. The monoisotopic (exact) mass is 407 g/mol. The molecule has 0 bridgehead atoms. The lowest BCUT2D eigenvalue weighted by Crippen LogP contribution is -2.27. The smallest absolute Gasteiger partial charge is 0.158 e. The van der Waals surface area contributed by atoms with Crippen molar-refractivity contribution in [2.24, 2.45) is 0 Å². The number of methoxy groups -OCH3 is 1. The molecule has 0 aliphatic carbocycles. The van der Waals surface area contributed by atoms with Gasteiger partial charge in [0.1, 0.15) is 11.9 Å². The Morgan fingerprint density at radius 2 is 1.13 bits per heavy atom. The number of anilines is 1. The molecule has 4 aromatic carbocycles. The molecule has 31 heavy (non-hydrogen) atoms. The number of hydrogen-bond donors (Lipinski definition) is 0. The number of benzene rings is 4. The highest BCUT2D eigenvalue weighted by Gasteiger charge is 2.44. The fraction of sp³-hybridized carbons (Fsp3) is 0.143. The quantitative estimate of drug-likeness (QED) is 0.367. The summed E-state index contributed by atoms with van der Waals surface area (Å²) in [4.78, 5) is 2.39. The highest BCUT2D eigenvalue weighted by atomic mass is 16.5. The first-order valence-corrected chi connectivity index (χ1v) is 10.6. The summed E-state index contributed by atoms with van der Waals surface area (Å²) >= 11 is 0. The maximum atomic E-state index is 6.82. The van der Waals surface area contributed by atoms with Gasteiger partial charge in [0, 0.05) is 11.3 Å². The summed E-state index contributed by atoms with van der Waals surface area (Å²) in [6.07, 6.45) is -0.305. The van der Waals surface area contributed by atoms with Crippen molar-refractivity contribution in [3.8, 4) is 5.75 Å². The zero-order valence-corrected chi connectivity index (χ0v) is 17.5. The van der Waals surface area contributed by atoms with Crippen LogP contribution in [0, 0.1) is 0 Å². The van der Waals surface area contributed by atoms with Crippen LogP contribution in [0.2, 0.25) is 0 Å². The fourth-order valence-electron chi connectivity index (χ4n) is 4.37. The summed E-state index contributed by atoms with van der Waals surface area (Å²) in [5.41, 5.74) is 4.64. The molecule has 1 heterocycles. The lowest BCUT2D eigenvalue weighted by atomic mass is 9.94. The van der Waals surface area contributed by atoms with Gasteiger partial charge in [-0.3, -0.25) is 0 Å². The lowest BCUT2D eigenvalue weighted by Gasteiger charge is -2.32. The molecule has 3 atom stereocenters. The first-order chi connectivity index (χ1) is 15.3. The van der Waals surface area contributed by atoms with Crippen molar-refractivity contribution >= 4 is 5.69 Å². The summed E-state index contributed by atoms with van der Waals surface area (Å²) in [5.74, 6) is 0.844. The van der Waals surface area contributed by atoms with E-state index in [1.54, 1.807) is 7.11 Å². The Kier molecular flexibility index (Phi) is 5.42. The Hall–Kier alpha value is -3.56. The van der Waals surface area contributed by atoms with Gasteiger partial charge in [-0.2, -0.15) is 0 Å². The van der Waals surface area contributed by atoms with Crippen LogP contribution in [0.1, 0.15) is 35.1 Å². The van der Waals surface area contributed by atoms with Gasteiger partial charge in [0.25, 0.3) is 0 Å². The van der Waals surface area contributed by atoms with Crippen LogP contribution in [0.4, 0.5) is 5.69 Å². The van der Waals surface area contributed by atoms with Gasteiger partial charge in [-0.15, -0.1) is 0 Å². The van der Waals surface area contributed by atoms with E-state index in [-0.39, 0.29) is 18.4 Å². The number of hydrogen-bond acceptors (Lipinski definition) is 3. The molecule has 0 radical (unpaired) electrons. The van der Waals surface area contributed by atoms with E-state index in [4.69, 9.17) is 9.47 Å². The first-order valence-electron chi connectivity index (χ1n) is 10.6. The minimum atomic E-state index is -0.204. The molecule has 0 N–H and O–H groups in total. The highest BCUT2D eigenvalue weighted by molar-refractivity contribution is 5.55. The first kappa shape index (κ1) is 19.4. The van der Waals surface area contributed by atoms with Crippen LogP contribution in [0.3, 0.4) is 0 Å². The van der Waals surface area contributed by atoms with Gasteiger partial charge in [0.15, 0.2) is 6.23 Å². The Balaban J connectivity index is 1.67. The Labute approximate surface area is 183 Å². The van der Waals surface area contributed by atoms with Crippen molar-refractivity contribution < 1.29 is 9.47 Å². The third-order valence-electron chi connectivity index (χ3n) is 5.84. The van der Waals surface area contributed by atoms with Crippen molar-refractivity contribution in [1.82, 2.24) is 0 Å². The van der Waals surface area contributed by atoms with Crippen LogP contribution >= 0.6 is 0 Å². The normalized spacial score (nSPS) is 20.5. The van der Waals surface area contributed by atoms with E-state index in [2.05, 4.69) is 95.9 Å². The van der Waals surface area contributed by atoms with E-state index in [1.165, 1.54) is 11.1 Å². The standard InChI is InChI=1S/C28H25NO2/c1-30-25-19-17-24(18-20-25)29-26(21-11-5-2-6-12-21)27(22-13-7-3-8-14-22)31-28(29)23-15-9-4-10-16-23/h2-20,26-28H,1H3/t26-,27-,28+/m0/s1. The van der Waals surface area contributed by atoms with E-state index in [1.807, 2.05) is 24.3 Å². The molecule has 0 aromatic heterocycles. The second-order valence-electron chi connectivity index (χ2n) is 7.69. The average Bonchev–Trinajstić information content (AvgIpc) is 3.26. The van der Waals surface area contributed by atoms with Gasteiger partial charge in [-0.1, -0.05) is 91.0 Å². The van der Waals surface area contributed by atoms with Gasteiger partial charge < -0.3 is 14.4 Å². The van der Waals surface area contributed by atoms with E-state index in [9.17, 15) is 0 Å². The molecule has 0 saturated carbocycles. The second kappa shape index (κ2) is 8.66. The summed E-state index contributed by atoms with van der Waals surface area (Å²) in [7, 11) is 1.69. The average molecular weight is 408 g/mol. The molecule has 1 aliphatic heterocycles. The molecular formula is C28H25NO2. The van der Waals surface area contributed by atoms with Gasteiger partial charge in [-0.05, 0) is 35.4 Å². The Bertz CT molecular complexity index is 1100. The second-order valence-corrected chi connectivity index (χ2v) is 7.69. The van der Waals surface area contributed by atoms with Gasteiger partial charge in [0.2, 0.25) is 0 Å².